The first kappa shape index (κ1) is 16.8. The first-order valence-corrected chi connectivity index (χ1v) is 10.3. The Bertz CT molecular complexity index is 597. The summed E-state index contributed by atoms with van der Waals surface area (Å²) >= 11 is 1.05. The van der Waals surface area contributed by atoms with Gasteiger partial charge in [-0.05, 0) is 37.3 Å². The fourth-order valence-electron chi connectivity index (χ4n) is 2.65. The van der Waals surface area contributed by atoms with E-state index in [1.165, 1.54) is 12.5 Å². The van der Waals surface area contributed by atoms with Crippen molar-refractivity contribution in [2.24, 2.45) is 5.92 Å². The zero-order valence-electron chi connectivity index (χ0n) is 12.0. The molecule has 7 heteroatoms. The monoisotopic (exact) mass is 349 g/mol. The molecule has 21 heavy (non-hydrogen) atoms. The molecule has 1 N–H and O–H groups in total. The SMILES string of the molecule is CC1CCCC(NC(=O)Cc2ccc(S(=O)(=O)Cl)s2)CC1. The van der Waals surface area contributed by atoms with Gasteiger partial charge in [0.05, 0.1) is 6.42 Å². The van der Waals surface area contributed by atoms with Gasteiger partial charge in [-0.1, -0.05) is 19.8 Å². The van der Waals surface area contributed by atoms with Crippen LogP contribution in [0.25, 0.3) is 0 Å². The maximum atomic E-state index is 12.0. The van der Waals surface area contributed by atoms with E-state index in [0.29, 0.717) is 4.88 Å². The molecule has 2 unspecified atom stereocenters. The van der Waals surface area contributed by atoms with Crippen LogP contribution in [0.1, 0.15) is 43.9 Å². The molecular formula is C14H20ClNO3S2. The fraction of sp³-hybridized carbons (Fsp3) is 0.643. The summed E-state index contributed by atoms with van der Waals surface area (Å²) in [5, 5.41) is 3.06. The molecule has 0 saturated heterocycles. The smallest absolute Gasteiger partial charge is 0.270 e. The molecule has 0 aliphatic heterocycles. The van der Waals surface area contributed by atoms with E-state index in [1.807, 2.05) is 0 Å². The van der Waals surface area contributed by atoms with Gasteiger partial charge in [0.15, 0.2) is 0 Å². The Morgan fingerprint density at radius 1 is 1.33 bits per heavy atom. The maximum Gasteiger partial charge on any atom is 0.270 e. The minimum Gasteiger partial charge on any atom is -0.353 e. The molecular weight excluding hydrogens is 330 g/mol. The van der Waals surface area contributed by atoms with Gasteiger partial charge in [0.1, 0.15) is 4.21 Å². The summed E-state index contributed by atoms with van der Waals surface area (Å²) in [5.41, 5.74) is 0. The van der Waals surface area contributed by atoms with E-state index in [4.69, 9.17) is 10.7 Å². The lowest BCUT2D eigenvalue weighted by Gasteiger charge is -2.16. The van der Waals surface area contributed by atoms with E-state index >= 15 is 0 Å². The zero-order valence-corrected chi connectivity index (χ0v) is 14.4. The number of hydrogen-bond donors (Lipinski definition) is 1. The molecule has 0 radical (unpaired) electrons. The van der Waals surface area contributed by atoms with Gasteiger partial charge in [-0.25, -0.2) is 8.42 Å². The second-order valence-electron chi connectivity index (χ2n) is 5.71. The quantitative estimate of drug-likeness (QED) is 0.670. The van der Waals surface area contributed by atoms with Crippen LogP contribution in [0.4, 0.5) is 0 Å². The second kappa shape index (κ2) is 7.11. The summed E-state index contributed by atoms with van der Waals surface area (Å²) in [6.07, 6.45) is 5.80. The lowest BCUT2D eigenvalue weighted by molar-refractivity contribution is -0.121. The molecule has 4 nitrogen and oxygen atoms in total. The van der Waals surface area contributed by atoms with Crippen LogP contribution in [0.2, 0.25) is 0 Å². The number of hydrogen-bond acceptors (Lipinski definition) is 4. The largest absolute Gasteiger partial charge is 0.353 e. The Morgan fingerprint density at radius 2 is 2.10 bits per heavy atom. The van der Waals surface area contributed by atoms with Crippen molar-refractivity contribution in [2.75, 3.05) is 0 Å². The van der Waals surface area contributed by atoms with E-state index in [2.05, 4.69) is 12.2 Å². The van der Waals surface area contributed by atoms with Crippen LogP contribution < -0.4 is 5.32 Å². The number of carbonyl (C=O) groups is 1. The average molecular weight is 350 g/mol. The summed E-state index contributed by atoms with van der Waals surface area (Å²) in [7, 11) is 1.58. The standard InChI is InChI=1S/C14H20ClNO3S2/c1-10-3-2-4-11(6-5-10)16-13(17)9-12-7-8-14(20-12)21(15,18)19/h7-8,10-11H,2-6,9H2,1H3,(H,16,17). The minimum atomic E-state index is -3.70. The fourth-order valence-corrected chi connectivity index (χ4v) is 4.77. The molecule has 1 aliphatic rings. The van der Waals surface area contributed by atoms with E-state index in [1.54, 1.807) is 6.07 Å². The molecule has 2 atom stereocenters. The van der Waals surface area contributed by atoms with Gasteiger partial charge in [-0.2, -0.15) is 0 Å². The molecule has 1 aromatic rings. The van der Waals surface area contributed by atoms with Crippen LogP contribution in [0, 0.1) is 5.92 Å². The zero-order chi connectivity index (χ0) is 15.5. The number of nitrogens with one attached hydrogen (secondary N) is 1. The molecule has 1 saturated carbocycles. The summed E-state index contributed by atoms with van der Waals surface area (Å²) < 4.78 is 22.5. The number of halogens is 1. The predicted octanol–water partition coefficient (Wildman–Crippen LogP) is 3.30. The molecule has 1 aliphatic carbocycles. The Hall–Kier alpha value is -0.590. The van der Waals surface area contributed by atoms with Crippen LogP contribution in [-0.2, 0) is 20.3 Å². The summed E-state index contributed by atoms with van der Waals surface area (Å²) in [4.78, 5) is 12.8. The molecule has 1 amide bonds. The van der Waals surface area contributed by atoms with Crippen molar-refractivity contribution in [1.82, 2.24) is 5.32 Å². The van der Waals surface area contributed by atoms with E-state index in [0.717, 1.165) is 42.9 Å². The highest BCUT2D eigenvalue weighted by Gasteiger charge is 2.19. The number of rotatable bonds is 4. The number of amides is 1. The highest BCUT2D eigenvalue weighted by molar-refractivity contribution is 8.15. The van der Waals surface area contributed by atoms with Crippen molar-refractivity contribution in [3.8, 4) is 0 Å². The Balaban J connectivity index is 1.88. The van der Waals surface area contributed by atoms with E-state index in [9.17, 15) is 13.2 Å². The average Bonchev–Trinajstić information content (AvgIpc) is 2.75. The third-order valence-electron chi connectivity index (χ3n) is 3.83. The lowest BCUT2D eigenvalue weighted by Crippen LogP contribution is -2.35. The Morgan fingerprint density at radius 3 is 2.76 bits per heavy atom. The summed E-state index contributed by atoms with van der Waals surface area (Å²) in [5.74, 6) is 0.690. The van der Waals surface area contributed by atoms with Gasteiger partial charge in [-0.15, -0.1) is 11.3 Å². The van der Waals surface area contributed by atoms with Crippen molar-refractivity contribution in [2.45, 2.75) is 55.7 Å². The van der Waals surface area contributed by atoms with Crippen LogP contribution in [0.15, 0.2) is 16.3 Å². The Kier molecular flexibility index (Phi) is 5.68. The van der Waals surface area contributed by atoms with Crippen LogP contribution in [0.3, 0.4) is 0 Å². The van der Waals surface area contributed by atoms with Gasteiger partial charge >= 0.3 is 0 Å². The molecule has 1 fully saturated rings. The van der Waals surface area contributed by atoms with Crippen molar-refractivity contribution < 1.29 is 13.2 Å². The molecule has 2 rings (SSSR count). The maximum absolute atomic E-state index is 12.0. The van der Waals surface area contributed by atoms with Crippen molar-refractivity contribution in [1.29, 1.82) is 0 Å². The normalized spacial score (nSPS) is 23.5. The van der Waals surface area contributed by atoms with E-state index in [-0.39, 0.29) is 22.6 Å². The molecule has 0 bridgehead atoms. The highest BCUT2D eigenvalue weighted by atomic mass is 35.7. The first-order valence-electron chi connectivity index (χ1n) is 7.17. The highest BCUT2D eigenvalue weighted by Crippen LogP contribution is 2.26. The number of carbonyl (C=O) groups excluding carboxylic acids is 1. The summed E-state index contributed by atoms with van der Waals surface area (Å²) in [6, 6.07) is 3.34. The van der Waals surface area contributed by atoms with Gasteiger partial charge in [0.2, 0.25) is 5.91 Å². The second-order valence-corrected chi connectivity index (χ2v) is 9.67. The number of thiophene rings is 1. The summed E-state index contributed by atoms with van der Waals surface area (Å²) in [6.45, 7) is 2.25. The molecule has 0 aromatic carbocycles. The van der Waals surface area contributed by atoms with Crippen LogP contribution in [-0.4, -0.2) is 20.4 Å². The minimum absolute atomic E-state index is 0.0464. The van der Waals surface area contributed by atoms with Crippen molar-refractivity contribution >= 4 is 37.0 Å². The predicted molar refractivity (Wildman–Crippen MR) is 85.2 cm³/mol. The third-order valence-corrected chi connectivity index (χ3v) is 7.01. The Labute approximate surface area is 134 Å². The lowest BCUT2D eigenvalue weighted by atomic mass is 10.0. The van der Waals surface area contributed by atoms with Crippen LogP contribution in [0.5, 0.6) is 0 Å². The molecule has 0 spiro atoms. The topological polar surface area (TPSA) is 63.2 Å². The van der Waals surface area contributed by atoms with Crippen LogP contribution >= 0.6 is 22.0 Å². The van der Waals surface area contributed by atoms with Crippen molar-refractivity contribution in [3.05, 3.63) is 17.0 Å². The van der Waals surface area contributed by atoms with Crippen molar-refractivity contribution in [3.63, 3.8) is 0 Å². The molecule has 1 heterocycles. The van der Waals surface area contributed by atoms with Gasteiger partial charge in [-0.3, -0.25) is 4.79 Å². The molecule has 118 valence electrons. The first-order chi connectivity index (χ1) is 9.84. The third kappa shape index (κ3) is 5.27. The van der Waals surface area contributed by atoms with Gasteiger partial charge < -0.3 is 5.32 Å². The van der Waals surface area contributed by atoms with Gasteiger partial charge in [0, 0.05) is 21.6 Å². The van der Waals surface area contributed by atoms with E-state index < -0.39 is 9.05 Å². The molecule has 1 aromatic heterocycles. The van der Waals surface area contributed by atoms with Gasteiger partial charge in [0.25, 0.3) is 9.05 Å².